The summed E-state index contributed by atoms with van der Waals surface area (Å²) in [4.78, 5) is 77.7. The topological polar surface area (TPSA) is 324 Å². The van der Waals surface area contributed by atoms with Crippen LogP contribution in [0, 0.1) is 0 Å². The number of carboxylic acid groups (broad SMARTS) is 1. The first-order chi connectivity index (χ1) is 31.6. The van der Waals surface area contributed by atoms with Gasteiger partial charge in [-0.25, -0.2) is 4.79 Å². The number of aromatic carboxylic acids is 1. The van der Waals surface area contributed by atoms with Crippen LogP contribution >= 0.6 is 0 Å². The van der Waals surface area contributed by atoms with Crippen LogP contribution in [0.5, 0.6) is 34.5 Å². The number of aromatic amines is 1. The van der Waals surface area contributed by atoms with Gasteiger partial charge in [-0.15, -0.1) is 5.10 Å². The Kier molecular flexibility index (Phi) is 14.1. The van der Waals surface area contributed by atoms with Gasteiger partial charge in [0.2, 0.25) is 5.91 Å². The molecule has 21 nitrogen and oxygen atoms in total. The first-order valence-electron chi connectivity index (χ1n) is 19.4. The van der Waals surface area contributed by atoms with Crippen LogP contribution in [0.4, 0.5) is 22.7 Å². The van der Waals surface area contributed by atoms with Gasteiger partial charge in [0.05, 0.1) is 48.6 Å². The van der Waals surface area contributed by atoms with Gasteiger partial charge < -0.3 is 61.6 Å². The summed E-state index contributed by atoms with van der Waals surface area (Å²) in [5.41, 5.74) is 0.770. The van der Waals surface area contributed by atoms with Crippen LogP contribution in [-0.2, 0) is 16.0 Å². The number of anilines is 4. The first kappa shape index (κ1) is 46.1. The van der Waals surface area contributed by atoms with E-state index in [0.29, 0.717) is 22.5 Å². The molecule has 0 bridgehead atoms. The predicted molar refractivity (Wildman–Crippen MR) is 237 cm³/mol. The molecule has 0 radical (unpaired) electrons. The number of methoxy groups -OCH3 is 2. The molecule has 0 spiro atoms. The Morgan fingerprint density at radius 1 is 0.682 bits per heavy atom. The maximum Gasteiger partial charge on any atom is 0.339 e. The van der Waals surface area contributed by atoms with E-state index in [1.165, 1.54) is 66.9 Å². The number of amides is 5. The Morgan fingerprint density at radius 3 is 1.83 bits per heavy atom. The molecule has 21 heteroatoms. The quantitative estimate of drug-likeness (QED) is 0.0578. The second kappa shape index (κ2) is 20.2. The fourth-order valence-corrected chi connectivity index (χ4v) is 6.33. The number of H-pyrrole nitrogens is 1. The highest BCUT2D eigenvalue weighted by Gasteiger charge is 2.26. The summed E-state index contributed by atoms with van der Waals surface area (Å²) < 4.78 is 10.3. The molecule has 66 heavy (non-hydrogen) atoms. The second-order valence-corrected chi connectivity index (χ2v) is 14.2. The van der Waals surface area contributed by atoms with E-state index in [0.717, 1.165) is 32.4 Å². The van der Waals surface area contributed by atoms with Crippen molar-refractivity contribution in [2.45, 2.75) is 19.4 Å². The number of aromatic hydroxyl groups is 4. The van der Waals surface area contributed by atoms with Crippen LogP contribution in [0.1, 0.15) is 59.6 Å². The van der Waals surface area contributed by atoms with E-state index in [4.69, 9.17) is 9.47 Å². The van der Waals surface area contributed by atoms with Gasteiger partial charge >= 0.3 is 5.97 Å². The van der Waals surface area contributed by atoms with Gasteiger partial charge in [-0.05, 0) is 91.4 Å². The van der Waals surface area contributed by atoms with Crippen LogP contribution in [-0.4, -0.2) is 96.7 Å². The summed E-state index contributed by atoms with van der Waals surface area (Å²) >= 11 is 0. The molecule has 5 amide bonds. The minimum Gasteiger partial charge on any atom is -0.508 e. The molecule has 1 heterocycles. The molecule has 0 aliphatic carbocycles. The molecule has 1 aromatic heterocycles. The van der Waals surface area contributed by atoms with Crippen molar-refractivity contribution in [3.8, 4) is 34.5 Å². The number of hydrogen-bond donors (Lipinski definition) is 11. The number of phenolic OH excluding ortho intramolecular Hbond substituents is 3. The van der Waals surface area contributed by atoms with Gasteiger partial charge in [0.25, 0.3) is 23.6 Å². The van der Waals surface area contributed by atoms with E-state index in [1.807, 2.05) is 0 Å². The average molecular weight is 901 g/mol. The molecule has 6 rings (SSSR count). The molecular weight excluding hydrogens is 861 g/mol. The van der Waals surface area contributed by atoms with Gasteiger partial charge in [-0.3, -0.25) is 29.1 Å². The summed E-state index contributed by atoms with van der Waals surface area (Å²) in [6.07, 6.45) is 2.93. The number of benzene rings is 5. The standard InChI is InChI=1S/C45H40N8O13/c1-22(18-23-4-11-28(54)12-5-23)40(58)47-25-8-6-24(7-9-25)41(59)51-34(19-27-21-46-53-52-27)44(62)48-26-10-13-29(35(55)20-26)42(60)49-32-16-14-30(36(56)38(32)65-2)43(61)50-33-17-15-31(45(63)64)37(57)39(33)66-3/h4-18,20-21,34,54-57H,19H2,1-3H3,(H,47,58)(H,48,62)(H,49,60)(H,50,61)(H,51,59)(H,63,64)(H,46,52,53)/b22-18+. The molecule has 0 aliphatic heterocycles. The van der Waals surface area contributed by atoms with Crippen molar-refractivity contribution in [2.75, 3.05) is 35.5 Å². The predicted octanol–water partition coefficient (Wildman–Crippen LogP) is 4.87. The number of carbonyl (C=O) groups excluding carboxylic acids is 5. The Balaban J connectivity index is 1.10. The zero-order valence-corrected chi connectivity index (χ0v) is 35.0. The van der Waals surface area contributed by atoms with Crippen molar-refractivity contribution in [1.82, 2.24) is 20.7 Å². The maximum atomic E-state index is 13.6. The lowest BCUT2D eigenvalue weighted by Crippen LogP contribution is -2.45. The van der Waals surface area contributed by atoms with E-state index in [2.05, 4.69) is 42.0 Å². The van der Waals surface area contributed by atoms with Gasteiger partial charge in [-0.2, -0.15) is 0 Å². The normalized spacial score (nSPS) is 11.4. The molecule has 0 saturated carbocycles. The number of ether oxygens (including phenoxy) is 2. The number of aromatic nitrogens is 3. The van der Waals surface area contributed by atoms with E-state index in [-0.39, 0.29) is 57.4 Å². The fourth-order valence-electron chi connectivity index (χ4n) is 6.33. The monoisotopic (exact) mass is 900 g/mol. The number of carbonyl (C=O) groups is 6. The van der Waals surface area contributed by atoms with Crippen molar-refractivity contribution in [2.24, 2.45) is 0 Å². The molecule has 1 unspecified atom stereocenters. The zero-order valence-electron chi connectivity index (χ0n) is 35.0. The fraction of sp³-hybridized carbons (Fsp3) is 0.111. The summed E-state index contributed by atoms with van der Waals surface area (Å²) in [5.74, 6) is -7.62. The number of carboxylic acids is 1. The summed E-state index contributed by atoms with van der Waals surface area (Å²) in [5, 5.41) is 73.9. The number of nitrogens with one attached hydrogen (secondary N) is 6. The number of nitrogens with zero attached hydrogens (tertiary/aromatic N) is 2. The van der Waals surface area contributed by atoms with Crippen molar-refractivity contribution in [3.05, 3.63) is 136 Å². The summed E-state index contributed by atoms with van der Waals surface area (Å²) in [6.45, 7) is 1.62. The SMILES string of the molecule is COc1c(NC(=O)c2ccc(NC(=O)c3ccc(NC(=O)C(Cc4cnn[nH]4)NC(=O)c4ccc(NC(=O)/C(C)=C/c5ccc(O)cc5)cc4)cc3O)c(OC)c2O)ccc(C(=O)O)c1O. The molecule has 6 aromatic rings. The molecular formula is C45H40N8O13. The minimum atomic E-state index is -1.44. The Bertz CT molecular complexity index is 2860. The third kappa shape index (κ3) is 10.8. The molecule has 5 aromatic carbocycles. The van der Waals surface area contributed by atoms with E-state index in [1.54, 1.807) is 25.1 Å². The lowest BCUT2D eigenvalue weighted by molar-refractivity contribution is -0.118. The molecule has 0 saturated heterocycles. The van der Waals surface area contributed by atoms with Gasteiger partial charge in [0.1, 0.15) is 23.1 Å². The number of rotatable bonds is 16. The van der Waals surface area contributed by atoms with Crippen LogP contribution in [0.15, 0.2) is 103 Å². The van der Waals surface area contributed by atoms with E-state index >= 15 is 0 Å². The molecule has 338 valence electrons. The summed E-state index contributed by atoms with van der Waals surface area (Å²) in [6, 6.07) is 19.2. The summed E-state index contributed by atoms with van der Waals surface area (Å²) in [7, 11) is 2.31. The number of hydrogen-bond acceptors (Lipinski definition) is 14. The second-order valence-electron chi connectivity index (χ2n) is 14.2. The highest BCUT2D eigenvalue weighted by Crippen LogP contribution is 2.41. The molecule has 0 aliphatic rings. The minimum absolute atomic E-state index is 0.0408. The van der Waals surface area contributed by atoms with Crippen molar-refractivity contribution in [3.63, 3.8) is 0 Å². The lowest BCUT2D eigenvalue weighted by Gasteiger charge is -2.18. The van der Waals surface area contributed by atoms with Gasteiger partial charge in [0.15, 0.2) is 23.0 Å². The zero-order chi connectivity index (χ0) is 47.7. The molecule has 0 fully saturated rings. The van der Waals surface area contributed by atoms with E-state index < -0.39 is 64.4 Å². The highest BCUT2D eigenvalue weighted by molar-refractivity contribution is 6.11. The molecule has 11 N–H and O–H groups in total. The average Bonchev–Trinajstić information content (AvgIpc) is 3.80. The Hall–Kier alpha value is -9.40. The van der Waals surface area contributed by atoms with Crippen LogP contribution in [0.25, 0.3) is 6.08 Å². The van der Waals surface area contributed by atoms with E-state index in [9.17, 15) is 54.3 Å². The smallest absolute Gasteiger partial charge is 0.339 e. The van der Waals surface area contributed by atoms with Crippen LogP contribution in [0.2, 0.25) is 0 Å². The van der Waals surface area contributed by atoms with Crippen molar-refractivity contribution >= 4 is 64.3 Å². The van der Waals surface area contributed by atoms with Gasteiger partial charge in [0, 0.05) is 35.0 Å². The molecule has 1 atom stereocenters. The maximum absolute atomic E-state index is 13.6. The first-order valence-corrected chi connectivity index (χ1v) is 19.4. The highest BCUT2D eigenvalue weighted by atomic mass is 16.5. The Labute approximate surface area is 373 Å². The van der Waals surface area contributed by atoms with Crippen LogP contribution in [0.3, 0.4) is 0 Å². The van der Waals surface area contributed by atoms with Gasteiger partial charge in [-0.1, -0.05) is 17.3 Å². The lowest BCUT2D eigenvalue weighted by atomic mass is 10.1. The van der Waals surface area contributed by atoms with Crippen molar-refractivity contribution < 1.29 is 63.8 Å². The third-order valence-corrected chi connectivity index (χ3v) is 9.70. The number of phenols is 4. The van der Waals surface area contributed by atoms with Crippen LogP contribution < -0.4 is 36.1 Å². The largest absolute Gasteiger partial charge is 0.508 e. The Morgan fingerprint density at radius 2 is 1.26 bits per heavy atom. The van der Waals surface area contributed by atoms with Crippen molar-refractivity contribution in [1.29, 1.82) is 0 Å². The third-order valence-electron chi connectivity index (χ3n) is 9.70.